The van der Waals surface area contributed by atoms with Gasteiger partial charge in [0.25, 0.3) is 10.0 Å². The minimum atomic E-state index is -3.60. The number of aryl methyl sites for hydroxylation is 1. The van der Waals surface area contributed by atoms with Crippen molar-refractivity contribution in [2.24, 2.45) is 0 Å². The maximum Gasteiger partial charge on any atom is 0.273 e. The second kappa shape index (κ2) is 5.59. The molecule has 3 rings (SSSR count). The Bertz CT molecular complexity index is 962. The van der Waals surface area contributed by atoms with E-state index in [1.807, 2.05) is 6.92 Å². The third kappa shape index (κ3) is 2.78. The minimum absolute atomic E-state index is 0.143. The number of thiophene rings is 1. The number of hydrogen-bond acceptors (Lipinski definition) is 5. The van der Waals surface area contributed by atoms with Crippen LogP contribution in [0.4, 0.5) is 5.69 Å². The summed E-state index contributed by atoms with van der Waals surface area (Å²) in [6, 6.07) is 7.91. The second-order valence-corrected chi connectivity index (χ2v) is 10.5. The molecule has 0 spiro atoms. The van der Waals surface area contributed by atoms with Gasteiger partial charge >= 0.3 is 0 Å². The van der Waals surface area contributed by atoms with Gasteiger partial charge in [0, 0.05) is 11.4 Å². The summed E-state index contributed by atoms with van der Waals surface area (Å²) in [7, 11) is -5.79. The molecule has 2 heterocycles. The molecule has 2 aromatic rings. The molecule has 0 aliphatic carbocycles. The molecule has 0 bridgehead atoms. The van der Waals surface area contributed by atoms with Crippen molar-refractivity contribution in [3.05, 3.63) is 40.8 Å². The molecule has 1 aromatic heterocycles. The van der Waals surface area contributed by atoms with Gasteiger partial charge in [-0.25, -0.2) is 21.6 Å². The number of anilines is 1. The molecule has 6 nitrogen and oxygen atoms in total. The molecule has 0 amide bonds. The molecule has 0 fully saturated rings. The molecule has 23 heavy (non-hydrogen) atoms. The van der Waals surface area contributed by atoms with Gasteiger partial charge in [-0.1, -0.05) is 0 Å². The van der Waals surface area contributed by atoms with Gasteiger partial charge in [-0.2, -0.15) is 0 Å². The van der Waals surface area contributed by atoms with Gasteiger partial charge in [0.2, 0.25) is 10.0 Å². The fourth-order valence-corrected chi connectivity index (χ4v) is 6.22. The van der Waals surface area contributed by atoms with E-state index < -0.39 is 20.0 Å². The van der Waals surface area contributed by atoms with E-state index in [9.17, 15) is 16.8 Å². The van der Waals surface area contributed by atoms with Crippen LogP contribution in [0.5, 0.6) is 0 Å². The Kier molecular flexibility index (Phi) is 3.99. The van der Waals surface area contributed by atoms with Crippen LogP contribution in [0.15, 0.2) is 39.4 Å². The molecular formula is C14H16N2O4S3. The van der Waals surface area contributed by atoms with Crippen LogP contribution in [0, 0.1) is 6.92 Å². The monoisotopic (exact) mass is 372 g/mol. The van der Waals surface area contributed by atoms with Crippen molar-refractivity contribution < 1.29 is 16.8 Å². The molecule has 1 N–H and O–H groups in total. The lowest BCUT2D eigenvalue weighted by Crippen LogP contribution is -2.28. The Morgan fingerprint density at radius 3 is 2.48 bits per heavy atom. The Morgan fingerprint density at radius 1 is 1.13 bits per heavy atom. The Labute approximate surface area is 139 Å². The first kappa shape index (κ1) is 16.4. The fraction of sp³-hybridized carbons (Fsp3) is 0.286. The molecule has 1 aromatic carbocycles. The average Bonchev–Trinajstić information content (AvgIpc) is 3.13. The highest BCUT2D eigenvalue weighted by Crippen LogP contribution is 2.36. The predicted molar refractivity (Wildman–Crippen MR) is 90.0 cm³/mol. The Hall–Kier alpha value is -1.42. The van der Waals surface area contributed by atoms with E-state index in [1.54, 1.807) is 18.2 Å². The molecular weight excluding hydrogens is 356 g/mol. The van der Waals surface area contributed by atoms with Gasteiger partial charge < -0.3 is 0 Å². The molecule has 0 unspecified atom stereocenters. The van der Waals surface area contributed by atoms with Crippen molar-refractivity contribution in [2.45, 2.75) is 22.4 Å². The number of fused-ring (bicyclic) bond motifs is 1. The number of rotatable bonds is 4. The number of hydrogen-bond donors (Lipinski definition) is 1. The van der Waals surface area contributed by atoms with E-state index in [-0.39, 0.29) is 4.90 Å². The fourth-order valence-electron chi connectivity index (χ4n) is 2.54. The van der Waals surface area contributed by atoms with Crippen LogP contribution in [0.2, 0.25) is 0 Å². The summed E-state index contributed by atoms with van der Waals surface area (Å²) < 4.78 is 53.1. The smallest absolute Gasteiger partial charge is 0.265 e. The molecule has 0 radical (unpaired) electrons. The summed E-state index contributed by atoms with van der Waals surface area (Å²) in [5, 5.41) is 0. The number of nitrogens with zero attached hydrogens (tertiary/aromatic N) is 1. The molecule has 0 saturated heterocycles. The SMILES string of the molecule is CNS(=O)(=O)c1ccc2c(c1)CCN2S(=O)(=O)c1ccc(C)s1. The second-order valence-electron chi connectivity index (χ2n) is 5.19. The third-order valence-electron chi connectivity index (χ3n) is 3.74. The molecule has 0 saturated carbocycles. The van der Waals surface area contributed by atoms with Gasteiger partial charge in [-0.15, -0.1) is 11.3 Å². The van der Waals surface area contributed by atoms with E-state index in [2.05, 4.69) is 4.72 Å². The van der Waals surface area contributed by atoms with Crippen molar-refractivity contribution in [2.75, 3.05) is 17.9 Å². The molecule has 0 atom stereocenters. The number of nitrogens with one attached hydrogen (secondary N) is 1. The van der Waals surface area contributed by atoms with Crippen LogP contribution < -0.4 is 9.03 Å². The zero-order valence-corrected chi connectivity index (χ0v) is 15.1. The lowest BCUT2D eigenvalue weighted by Gasteiger charge is -2.18. The summed E-state index contributed by atoms with van der Waals surface area (Å²) in [5.41, 5.74) is 1.27. The topological polar surface area (TPSA) is 83.6 Å². The van der Waals surface area contributed by atoms with Crippen LogP contribution in [0.3, 0.4) is 0 Å². The number of benzene rings is 1. The standard InChI is InChI=1S/C14H16N2O4S3/c1-10-3-6-14(21-10)23(19,20)16-8-7-11-9-12(4-5-13(11)16)22(17,18)15-2/h3-6,9,15H,7-8H2,1-2H3. The van der Waals surface area contributed by atoms with E-state index in [0.717, 1.165) is 10.4 Å². The molecule has 1 aliphatic rings. The van der Waals surface area contributed by atoms with E-state index >= 15 is 0 Å². The lowest BCUT2D eigenvalue weighted by molar-refractivity contribution is 0.588. The quantitative estimate of drug-likeness (QED) is 0.886. The van der Waals surface area contributed by atoms with Crippen molar-refractivity contribution in [1.82, 2.24) is 4.72 Å². The van der Waals surface area contributed by atoms with Gasteiger partial charge in [-0.3, -0.25) is 4.31 Å². The van der Waals surface area contributed by atoms with Gasteiger partial charge in [0.05, 0.1) is 10.6 Å². The first-order valence-electron chi connectivity index (χ1n) is 6.91. The molecule has 9 heteroatoms. The normalized spacial score (nSPS) is 15.0. The van der Waals surface area contributed by atoms with Crippen LogP contribution in [-0.4, -0.2) is 30.4 Å². The van der Waals surface area contributed by atoms with Gasteiger partial charge in [0.1, 0.15) is 4.21 Å². The van der Waals surface area contributed by atoms with Crippen LogP contribution in [0.1, 0.15) is 10.4 Å². The Balaban J connectivity index is 2.03. The van der Waals surface area contributed by atoms with E-state index in [0.29, 0.717) is 22.9 Å². The predicted octanol–water partition coefficient (Wildman–Crippen LogP) is 1.72. The summed E-state index contributed by atoms with van der Waals surface area (Å²) >= 11 is 1.23. The van der Waals surface area contributed by atoms with Crippen molar-refractivity contribution in [3.8, 4) is 0 Å². The molecule has 124 valence electrons. The van der Waals surface area contributed by atoms with Crippen molar-refractivity contribution >= 4 is 37.1 Å². The van der Waals surface area contributed by atoms with Crippen LogP contribution in [0.25, 0.3) is 0 Å². The summed E-state index contributed by atoms with van der Waals surface area (Å²) in [5.74, 6) is 0. The highest BCUT2D eigenvalue weighted by Gasteiger charge is 2.32. The highest BCUT2D eigenvalue weighted by molar-refractivity contribution is 7.94. The number of sulfonamides is 2. The molecule has 1 aliphatic heterocycles. The minimum Gasteiger partial charge on any atom is -0.265 e. The average molecular weight is 372 g/mol. The first-order valence-corrected chi connectivity index (χ1v) is 10.7. The summed E-state index contributed by atoms with van der Waals surface area (Å²) in [6.45, 7) is 2.17. The maximum atomic E-state index is 12.8. The van der Waals surface area contributed by atoms with Crippen LogP contribution >= 0.6 is 11.3 Å². The highest BCUT2D eigenvalue weighted by atomic mass is 32.2. The lowest BCUT2D eigenvalue weighted by atomic mass is 10.2. The maximum absolute atomic E-state index is 12.8. The zero-order chi connectivity index (χ0) is 16.8. The third-order valence-corrected chi connectivity index (χ3v) is 8.44. The Morgan fingerprint density at radius 2 is 1.87 bits per heavy atom. The largest absolute Gasteiger partial charge is 0.273 e. The van der Waals surface area contributed by atoms with E-state index in [4.69, 9.17) is 0 Å². The van der Waals surface area contributed by atoms with Crippen LogP contribution in [-0.2, 0) is 26.5 Å². The van der Waals surface area contributed by atoms with Gasteiger partial charge in [0.15, 0.2) is 0 Å². The summed E-state index contributed by atoms with van der Waals surface area (Å²) in [4.78, 5) is 1.07. The van der Waals surface area contributed by atoms with E-state index in [1.165, 1.54) is 34.8 Å². The van der Waals surface area contributed by atoms with Crippen molar-refractivity contribution in [3.63, 3.8) is 0 Å². The van der Waals surface area contributed by atoms with Gasteiger partial charge in [-0.05, 0) is 56.3 Å². The zero-order valence-electron chi connectivity index (χ0n) is 12.6. The first-order chi connectivity index (χ1) is 10.8. The summed E-state index contributed by atoms with van der Waals surface area (Å²) in [6.07, 6.45) is 0.492. The van der Waals surface area contributed by atoms with Crippen molar-refractivity contribution in [1.29, 1.82) is 0 Å².